The summed E-state index contributed by atoms with van der Waals surface area (Å²) in [5.41, 5.74) is 2.40. The maximum atomic E-state index is 12.4. The van der Waals surface area contributed by atoms with Crippen molar-refractivity contribution in [1.82, 2.24) is 0 Å². The third-order valence-corrected chi connectivity index (χ3v) is 5.09. The molecule has 0 fully saturated rings. The van der Waals surface area contributed by atoms with Crippen molar-refractivity contribution in [1.29, 1.82) is 0 Å². The molecular formula is C18H21ClN2O4S. The molecule has 26 heavy (non-hydrogen) atoms. The molecule has 0 aromatic heterocycles. The largest absolute Gasteiger partial charge is 0.497 e. The average molecular weight is 397 g/mol. The van der Waals surface area contributed by atoms with Gasteiger partial charge in [0.25, 0.3) is 0 Å². The molecule has 0 saturated heterocycles. The number of aryl methyl sites for hydroxylation is 2. The second-order valence-corrected chi connectivity index (χ2v) is 8.28. The molecule has 0 atom stereocenters. The molecule has 0 bridgehead atoms. The van der Waals surface area contributed by atoms with Crippen LogP contribution in [-0.2, 0) is 14.8 Å². The lowest BCUT2D eigenvalue weighted by Crippen LogP contribution is -2.38. The molecule has 0 aliphatic rings. The Hall–Kier alpha value is -2.25. The summed E-state index contributed by atoms with van der Waals surface area (Å²) in [7, 11) is -2.19. The summed E-state index contributed by atoms with van der Waals surface area (Å²) in [6, 6.07) is 10.3. The number of ether oxygens (including phenoxy) is 1. The van der Waals surface area contributed by atoms with Crippen LogP contribution >= 0.6 is 11.6 Å². The average Bonchev–Trinajstić information content (AvgIpc) is 2.52. The summed E-state index contributed by atoms with van der Waals surface area (Å²) in [6.07, 6.45) is 1.04. The molecule has 0 saturated carbocycles. The normalized spacial score (nSPS) is 11.1. The molecule has 0 radical (unpaired) electrons. The van der Waals surface area contributed by atoms with Gasteiger partial charge in [0.1, 0.15) is 12.3 Å². The van der Waals surface area contributed by atoms with Gasteiger partial charge < -0.3 is 10.1 Å². The number of rotatable bonds is 6. The van der Waals surface area contributed by atoms with Crippen molar-refractivity contribution in [3.8, 4) is 5.75 Å². The van der Waals surface area contributed by atoms with E-state index in [1.165, 1.54) is 7.11 Å². The lowest BCUT2D eigenvalue weighted by Gasteiger charge is -2.25. The van der Waals surface area contributed by atoms with Crippen LogP contribution in [0.25, 0.3) is 0 Å². The predicted molar refractivity (Wildman–Crippen MR) is 105 cm³/mol. The van der Waals surface area contributed by atoms with Crippen LogP contribution in [0.4, 0.5) is 11.4 Å². The van der Waals surface area contributed by atoms with Crippen LogP contribution in [0, 0.1) is 13.8 Å². The Labute approximate surface area is 158 Å². The molecule has 2 rings (SSSR count). The molecule has 0 unspecified atom stereocenters. The van der Waals surface area contributed by atoms with Gasteiger partial charge in [0.05, 0.1) is 24.1 Å². The number of carbonyl (C=O) groups excluding carboxylic acids is 1. The summed E-state index contributed by atoms with van der Waals surface area (Å²) in [5.74, 6) is 0.0971. The molecule has 2 aromatic carbocycles. The number of benzene rings is 2. The number of nitrogens with one attached hydrogen (secondary N) is 1. The van der Waals surface area contributed by atoms with Crippen molar-refractivity contribution in [2.24, 2.45) is 0 Å². The topological polar surface area (TPSA) is 75.7 Å². The molecule has 1 N–H and O–H groups in total. The Balaban J connectivity index is 2.31. The summed E-state index contributed by atoms with van der Waals surface area (Å²) in [5, 5.41) is 2.95. The first-order chi connectivity index (χ1) is 12.1. The number of nitrogens with zero attached hydrogens (tertiary/aromatic N) is 1. The summed E-state index contributed by atoms with van der Waals surface area (Å²) in [6.45, 7) is 3.23. The number of methoxy groups -OCH3 is 1. The third-order valence-electron chi connectivity index (χ3n) is 3.69. The Kier molecular flexibility index (Phi) is 6.15. The van der Waals surface area contributed by atoms with E-state index in [0.717, 1.165) is 16.1 Å². The molecule has 6 nitrogen and oxygen atoms in total. The van der Waals surface area contributed by atoms with Crippen LogP contribution in [0.2, 0.25) is 5.02 Å². The van der Waals surface area contributed by atoms with Crippen molar-refractivity contribution in [2.75, 3.05) is 29.5 Å². The minimum atomic E-state index is -3.71. The van der Waals surface area contributed by atoms with Gasteiger partial charge in [0.2, 0.25) is 15.9 Å². The number of halogens is 1. The summed E-state index contributed by atoms with van der Waals surface area (Å²) < 4.78 is 30.7. The highest BCUT2D eigenvalue weighted by atomic mass is 35.5. The fourth-order valence-corrected chi connectivity index (χ4v) is 4.02. The van der Waals surface area contributed by atoms with E-state index < -0.39 is 15.9 Å². The van der Waals surface area contributed by atoms with E-state index in [2.05, 4.69) is 5.32 Å². The molecule has 0 aliphatic carbocycles. The van der Waals surface area contributed by atoms with Gasteiger partial charge >= 0.3 is 0 Å². The number of carbonyl (C=O) groups is 1. The van der Waals surface area contributed by atoms with Gasteiger partial charge in [-0.2, -0.15) is 0 Å². The number of amides is 1. The number of sulfonamides is 1. The monoisotopic (exact) mass is 396 g/mol. The second-order valence-electron chi connectivity index (χ2n) is 5.96. The lowest BCUT2D eigenvalue weighted by molar-refractivity contribution is -0.114. The van der Waals surface area contributed by atoms with Gasteiger partial charge in [-0.15, -0.1) is 0 Å². The van der Waals surface area contributed by atoms with Crippen LogP contribution in [0.3, 0.4) is 0 Å². The van der Waals surface area contributed by atoms with Gasteiger partial charge in [-0.3, -0.25) is 9.10 Å². The van der Waals surface area contributed by atoms with Crippen LogP contribution in [0.5, 0.6) is 5.75 Å². The van der Waals surface area contributed by atoms with E-state index in [-0.39, 0.29) is 11.6 Å². The first-order valence-electron chi connectivity index (χ1n) is 7.80. The Bertz CT molecular complexity index is 906. The Morgan fingerprint density at radius 3 is 2.50 bits per heavy atom. The van der Waals surface area contributed by atoms with E-state index in [1.807, 2.05) is 13.0 Å². The standard InChI is InChI=1S/C18H21ClN2O4S/c1-12-8-13(2)18(16(19)9-12)21(26(4,23)24)11-17(22)20-14-6-5-7-15(10-14)25-3/h5-10H,11H2,1-4H3,(H,20,22). The predicted octanol–water partition coefficient (Wildman–Crippen LogP) is 3.37. The van der Waals surface area contributed by atoms with Crippen molar-refractivity contribution in [3.63, 3.8) is 0 Å². The minimum Gasteiger partial charge on any atom is -0.497 e. The number of anilines is 2. The highest BCUT2D eigenvalue weighted by Crippen LogP contribution is 2.32. The van der Waals surface area contributed by atoms with Gasteiger partial charge in [-0.05, 0) is 43.2 Å². The first kappa shape index (κ1) is 20.1. The Morgan fingerprint density at radius 1 is 1.23 bits per heavy atom. The van der Waals surface area contributed by atoms with Crippen LogP contribution in [0.15, 0.2) is 36.4 Å². The smallest absolute Gasteiger partial charge is 0.245 e. The van der Waals surface area contributed by atoms with Crippen LogP contribution < -0.4 is 14.4 Å². The number of hydrogen-bond acceptors (Lipinski definition) is 4. The minimum absolute atomic E-state index is 0.280. The zero-order valence-electron chi connectivity index (χ0n) is 15.0. The highest BCUT2D eigenvalue weighted by Gasteiger charge is 2.25. The number of hydrogen-bond donors (Lipinski definition) is 1. The lowest BCUT2D eigenvalue weighted by atomic mass is 10.1. The van der Waals surface area contributed by atoms with Crippen molar-refractivity contribution in [3.05, 3.63) is 52.5 Å². The van der Waals surface area contributed by atoms with Gasteiger partial charge in [0.15, 0.2) is 0 Å². The zero-order valence-corrected chi connectivity index (χ0v) is 16.6. The molecule has 2 aromatic rings. The van der Waals surface area contributed by atoms with Crippen LogP contribution in [-0.4, -0.2) is 34.2 Å². The fraction of sp³-hybridized carbons (Fsp3) is 0.278. The quantitative estimate of drug-likeness (QED) is 0.812. The van der Waals surface area contributed by atoms with E-state index in [4.69, 9.17) is 16.3 Å². The second kappa shape index (κ2) is 7.97. The highest BCUT2D eigenvalue weighted by molar-refractivity contribution is 7.92. The van der Waals surface area contributed by atoms with Crippen molar-refractivity contribution in [2.45, 2.75) is 13.8 Å². The molecule has 0 spiro atoms. The van der Waals surface area contributed by atoms with Gasteiger partial charge in [0, 0.05) is 11.8 Å². The van der Waals surface area contributed by atoms with E-state index in [1.54, 1.807) is 37.3 Å². The van der Waals surface area contributed by atoms with E-state index >= 15 is 0 Å². The van der Waals surface area contributed by atoms with Gasteiger partial charge in [-0.1, -0.05) is 23.7 Å². The Morgan fingerprint density at radius 2 is 1.92 bits per heavy atom. The van der Waals surface area contributed by atoms with Crippen molar-refractivity contribution < 1.29 is 17.9 Å². The molecule has 0 aliphatic heterocycles. The van der Waals surface area contributed by atoms with E-state index in [0.29, 0.717) is 22.7 Å². The first-order valence-corrected chi connectivity index (χ1v) is 10.0. The fourth-order valence-electron chi connectivity index (χ4n) is 2.62. The van der Waals surface area contributed by atoms with Crippen molar-refractivity contribution >= 4 is 38.9 Å². The van der Waals surface area contributed by atoms with Crippen LogP contribution in [0.1, 0.15) is 11.1 Å². The van der Waals surface area contributed by atoms with E-state index in [9.17, 15) is 13.2 Å². The molecule has 8 heteroatoms. The molecule has 0 heterocycles. The maximum Gasteiger partial charge on any atom is 0.245 e. The molecular weight excluding hydrogens is 376 g/mol. The molecule has 1 amide bonds. The van der Waals surface area contributed by atoms with Gasteiger partial charge in [-0.25, -0.2) is 8.42 Å². The molecule has 140 valence electrons. The third kappa shape index (κ3) is 4.89. The maximum absolute atomic E-state index is 12.4. The summed E-state index contributed by atoms with van der Waals surface area (Å²) in [4.78, 5) is 12.4. The summed E-state index contributed by atoms with van der Waals surface area (Å²) >= 11 is 6.26. The SMILES string of the molecule is COc1cccc(NC(=O)CN(c2c(C)cc(C)cc2Cl)S(C)(=O)=O)c1. The zero-order chi connectivity index (χ0) is 19.5.